The molecule has 116 valence electrons. The summed E-state index contributed by atoms with van der Waals surface area (Å²) in [6.07, 6.45) is 6.41. The number of hydrogen-bond donors (Lipinski definition) is 0. The SMILES string of the molecule is O=c1c2c(-c3ccccc3)csc2ncn1N=Cc1cccnc1. The summed E-state index contributed by atoms with van der Waals surface area (Å²) in [7, 11) is 0. The second kappa shape index (κ2) is 6.17. The van der Waals surface area contributed by atoms with Crippen molar-refractivity contribution in [2.24, 2.45) is 5.10 Å². The normalized spacial score (nSPS) is 11.3. The van der Waals surface area contributed by atoms with Gasteiger partial charge in [0.05, 0.1) is 11.6 Å². The van der Waals surface area contributed by atoms with Gasteiger partial charge in [0.1, 0.15) is 11.2 Å². The van der Waals surface area contributed by atoms with Crippen LogP contribution in [0.25, 0.3) is 21.3 Å². The highest BCUT2D eigenvalue weighted by Gasteiger charge is 2.12. The van der Waals surface area contributed by atoms with E-state index in [1.165, 1.54) is 22.3 Å². The lowest BCUT2D eigenvalue weighted by Gasteiger charge is -2.01. The molecular weight excluding hydrogens is 320 g/mol. The molecule has 0 radical (unpaired) electrons. The van der Waals surface area contributed by atoms with Crippen molar-refractivity contribution in [3.8, 4) is 11.1 Å². The minimum absolute atomic E-state index is 0.180. The average molecular weight is 332 g/mol. The van der Waals surface area contributed by atoms with E-state index in [1.54, 1.807) is 18.6 Å². The van der Waals surface area contributed by atoms with Gasteiger partial charge in [-0.3, -0.25) is 9.78 Å². The quantitative estimate of drug-likeness (QED) is 0.540. The third-order valence-electron chi connectivity index (χ3n) is 3.58. The zero-order chi connectivity index (χ0) is 16.4. The van der Waals surface area contributed by atoms with Gasteiger partial charge >= 0.3 is 0 Å². The van der Waals surface area contributed by atoms with Gasteiger partial charge in [0.2, 0.25) is 0 Å². The van der Waals surface area contributed by atoms with Crippen molar-refractivity contribution in [2.45, 2.75) is 0 Å². The summed E-state index contributed by atoms with van der Waals surface area (Å²) < 4.78 is 1.26. The maximum absolute atomic E-state index is 12.8. The van der Waals surface area contributed by atoms with E-state index >= 15 is 0 Å². The molecule has 3 aromatic heterocycles. The summed E-state index contributed by atoms with van der Waals surface area (Å²) in [6.45, 7) is 0. The van der Waals surface area contributed by atoms with E-state index in [0.29, 0.717) is 10.2 Å². The standard InChI is InChI=1S/C18H12N4OS/c23-18-16-15(14-6-2-1-3-7-14)11-24-17(16)20-12-22(18)21-10-13-5-4-8-19-9-13/h1-12H. The van der Waals surface area contributed by atoms with Crippen LogP contribution in [0.4, 0.5) is 0 Å². The molecule has 0 unspecified atom stereocenters. The first-order valence-corrected chi connectivity index (χ1v) is 8.19. The molecule has 0 fully saturated rings. The van der Waals surface area contributed by atoms with Gasteiger partial charge in [0.15, 0.2) is 0 Å². The number of thiophene rings is 1. The Morgan fingerprint density at radius 3 is 2.79 bits per heavy atom. The Labute approximate surface area is 141 Å². The highest BCUT2D eigenvalue weighted by atomic mass is 32.1. The van der Waals surface area contributed by atoms with Gasteiger partial charge in [-0.25, -0.2) is 4.98 Å². The van der Waals surface area contributed by atoms with Crippen molar-refractivity contribution in [1.82, 2.24) is 14.6 Å². The predicted octanol–water partition coefficient (Wildman–Crippen LogP) is 3.40. The van der Waals surface area contributed by atoms with Crippen LogP contribution in [0.2, 0.25) is 0 Å². The lowest BCUT2D eigenvalue weighted by atomic mass is 10.1. The van der Waals surface area contributed by atoms with E-state index in [2.05, 4.69) is 15.1 Å². The molecule has 0 atom stereocenters. The molecule has 0 amide bonds. The van der Waals surface area contributed by atoms with Crippen LogP contribution < -0.4 is 5.56 Å². The highest BCUT2D eigenvalue weighted by Crippen LogP contribution is 2.30. The van der Waals surface area contributed by atoms with Crippen molar-refractivity contribution >= 4 is 27.8 Å². The zero-order valence-corrected chi connectivity index (χ0v) is 13.4. The average Bonchev–Trinajstić information content (AvgIpc) is 3.08. The largest absolute Gasteiger partial charge is 0.283 e. The number of fused-ring (bicyclic) bond motifs is 1. The molecule has 0 spiro atoms. The number of pyridine rings is 1. The van der Waals surface area contributed by atoms with Crippen LogP contribution in [0.1, 0.15) is 5.56 Å². The molecule has 0 saturated heterocycles. The smallest absolute Gasteiger partial charge is 0.267 e. The molecule has 4 aromatic rings. The topological polar surface area (TPSA) is 60.1 Å². The maximum atomic E-state index is 12.8. The molecular formula is C18H12N4OS. The Balaban J connectivity index is 1.83. The first kappa shape index (κ1) is 14.5. The summed E-state index contributed by atoms with van der Waals surface area (Å²) in [5.41, 5.74) is 2.52. The van der Waals surface area contributed by atoms with Crippen molar-refractivity contribution in [3.05, 3.63) is 82.5 Å². The van der Waals surface area contributed by atoms with E-state index in [-0.39, 0.29) is 5.56 Å². The second-order valence-corrected chi connectivity index (χ2v) is 5.98. The van der Waals surface area contributed by atoms with Crippen molar-refractivity contribution in [3.63, 3.8) is 0 Å². The van der Waals surface area contributed by atoms with E-state index in [9.17, 15) is 4.79 Å². The monoisotopic (exact) mass is 332 g/mol. The summed E-state index contributed by atoms with van der Waals surface area (Å²) >= 11 is 1.46. The fourth-order valence-electron chi connectivity index (χ4n) is 2.42. The first-order chi connectivity index (χ1) is 11.8. The van der Waals surface area contributed by atoms with Gasteiger partial charge in [0.25, 0.3) is 5.56 Å². The Hall–Kier alpha value is -3.12. The van der Waals surface area contributed by atoms with E-state index < -0.39 is 0 Å². The van der Waals surface area contributed by atoms with Crippen LogP contribution >= 0.6 is 11.3 Å². The van der Waals surface area contributed by atoms with Gasteiger partial charge < -0.3 is 0 Å². The predicted molar refractivity (Wildman–Crippen MR) is 96.5 cm³/mol. The molecule has 5 nitrogen and oxygen atoms in total. The highest BCUT2D eigenvalue weighted by molar-refractivity contribution is 7.17. The molecule has 4 rings (SSSR count). The third kappa shape index (κ3) is 2.63. The molecule has 0 saturated carbocycles. The Kier molecular flexibility index (Phi) is 3.72. The molecule has 6 heteroatoms. The van der Waals surface area contributed by atoms with E-state index in [0.717, 1.165) is 16.7 Å². The molecule has 0 N–H and O–H groups in total. The van der Waals surface area contributed by atoms with Crippen molar-refractivity contribution in [2.75, 3.05) is 0 Å². The van der Waals surface area contributed by atoms with Gasteiger partial charge in [0, 0.05) is 28.9 Å². The van der Waals surface area contributed by atoms with Crippen molar-refractivity contribution in [1.29, 1.82) is 0 Å². The zero-order valence-electron chi connectivity index (χ0n) is 12.5. The van der Waals surface area contributed by atoms with Crippen LogP contribution in [0.3, 0.4) is 0 Å². The lowest BCUT2D eigenvalue weighted by Crippen LogP contribution is -2.16. The fourth-order valence-corrected chi connectivity index (χ4v) is 3.32. The number of hydrogen-bond acceptors (Lipinski definition) is 5. The summed E-state index contributed by atoms with van der Waals surface area (Å²) in [5, 5.41) is 6.78. The summed E-state index contributed by atoms with van der Waals surface area (Å²) in [6, 6.07) is 13.5. The molecule has 0 aliphatic carbocycles. The van der Waals surface area contributed by atoms with Crippen LogP contribution in [0.5, 0.6) is 0 Å². The molecule has 1 aromatic carbocycles. The number of rotatable bonds is 3. The maximum Gasteiger partial charge on any atom is 0.283 e. The Bertz CT molecular complexity index is 1070. The number of aromatic nitrogens is 3. The van der Waals surface area contributed by atoms with Gasteiger partial charge in [-0.2, -0.15) is 9.78 Å². The third-order valence-corrected chi connectivity index (χ3v) is 4.46. The second-order valence-electron chi connectivity index (χ2n) is 5.12. The molecule has 0 aliphatic heterocycles. The summed E-state index contributed by atoms with van der Waals surface area (Å²) in [5.74, 6) is 0. The minimum atomic E-state index is -0.180. The molecule has 3 heterocycles. The summed E-state index contributed by atoms with van der Waals surface area (Å²) in [4.78, 5) is 21.9. The molecule has 0 bridgehead atoms. The van der Waals surface area contributed by atoms with Crippen LogP contribution in [-0.2, 0) is 0 Å². The Morgan fingerprint density at radius 1 is 1.12 bits per heavy atom. The van der Waals surface area contributed by atoms with Crippen LogP contribution in [0, 0.1) is 0 Å². The van der Waals surface area contributed by atoms with Crippen molar-refractivity contribution < 1.29 is 0 Å². The van der Waals surface area contributed by atoms with Gasteiger partial charge in [-0.1, -0.05) is 36.4 Å². The minimum Gasteiger partial charge on any atom is -0.267 e. The van der Waals surface area contributed by atoms with Crippen LogP contribution in [-0.4, -0.2) is 20.9 Å². The first-order valence-electron chi connectivity index (χ1n) is 7.31. The van der Waals surface area contributed by atoms with Gasteiger partial charge in [-0.05, 0) is 11.6 Å². The molecule has 24 heavy (non-hydrogen) atoms. The fraction of sp³-hybridized carbons (Fsp3) is 0. The van der Waals surface area contributed by atoms with Gasteiger partial charge in [-0.15, -0.1) is 11.3 Å². The van der Waals surface area contributed by atoms with E-state index in [4.69, 9.17) is 0 Å². The van der Waals surface area contributed by atoms with E-state index in [1.807, 2.05) is 47.8 Å². The Morgan fingerprint density at radius 2 is 2.00 bits per heavy atom. The lowest BCUT2D eigenvalue weighted by molar-refractivity contribution is 0.819. The molecule has 0 aliphatic rings. The number of benzene rings is 1. The van der Waals surface area contributed by atoms with Crippen LogP contribution in [0.15, 0.2) is 76.5 Å². The number of nitrogens with zero attached hydrogens (tertiary/aromatic N) is 4.